The van der Waals surface area contributed by atoms with Crippen molar-refractivity contribution in [2.75, 3.05) is 0 Å². The molecule has 0 N–H and O–H groups in total. The second kappa shape index (κ2) is 4.71. The van der Waals surface area contributed by atoms with Crippen LogP contribution in [0.25, 0.3) is 0 Å². The number of hydrogen-bond donors (Lipinski definition) is 0. The summed E-state index contributed by atoms with van der Waals surface area (Å²) < 4.78 is 12.8. The number of benzene rings is 2. The van der Waals surface area contributed by atoms with Crippen molar-refractivity contribution in [2.45, 2.75) is 5.92 Å². The van der Waals surface area contributed by atoms with Crippen molar-refractivity contribution in [1.82, 2.24) is 0 Å². The first-order valence-electron chi connectivity index (χ1n) is 5.07. The number of hydrogen-bond acceptors (Lipinski definition) is 1. The number of carbonyl (C=O) groups excluding carboxylic acids is 1. The monoisotopic (exact) mass is 214 g/mol. The molecule has 0 fully saturated rings. The summed E-state index contributed by atoms with van der Waals surface area (Å²) in [6.45, 7) is 0. The van der Waals surface area contributed by atoms with Crippen LogP contribution >= 0.6 is 0 Å². The first-order valence-corrected chi connectivity index (χ1v) is 5.07. The van der Waals surface area contributed by atoms with E-state index in [4.69, 9.17) is 0 Å². The number of carbonyl (C=O) groups is 1. The molecule has 0 amide bonds. The van der Waals surface area contributed by atoms with E-state index in [9.17, 15) is 9.18 Å². The Bertz CT molecular complexity index is 462. The molecule has 0 aliphatic carbocycles. The normalized spacial score (nSPS) is 12.1. The predicted molar refractivity (Wildman–Crippen MR) is 60.7 cm³/mol. The van der Waals surface area contributed by atoms with Crippen molar-refractivity contribution in [2.24, 2.45) is 0 Å². The van der Waals surface area contributed by atoms with E-state index in [0.717, 1.165) is 17.4 Å². The molecule has 0 bridgehead atoms. The minimum Gasteiger partial charge on any atom is -0.302 e. The molecular formula is C14H11FO. The molecule has 0 saturated heterocycles. The lowest BCUT2D eigenvalue weighted by Crippen LogP contribution is -2.02. The first-order chi connectivity index (χ1) is 7.81. The molecule has 0 heterocycles. The maximum Gasteiger partial charge on any atom is 0.131 e. The Morgan fingerprint density at radius 1 is 0.875 bits per heavy atom. The fourth-order valence-electron chi connectivity index (χ4n) is 1.68. The van der Waals surface area contributed by atoms with Gasteiger partial charge in [0.1, 0.15) is 12.1 Å². The van der Waals surface area contributed by atoms with Crippen molar-refractivity contribution >= 4 is 6.29 Å². The third-order valence-electron chi connectivity index (χ3n) is 2.52. The molecular weight excluding hydrogens is 203 g/mol. The first kappa shape index (κ1) is 10.6. The van der Waals surface area contributed by atoms with E-state index < -0.39 is 0 Å². The van der Waals surface area contributed by atoms with Crippen molar-refractivity contribution in [3.8, 4) is 0 Å². The average molecular weight is 214 g/mol. The van der Waals surface area contributed by atoms with Gasteiger partial charge in [0.05, 0.1) is 5.92 Å². The zero-order valence-corrected chi connectivity index (χ0v) is 8.64. The highest BCUT2D eigenvalue weighted by Gasteiger charge is 2.12. The van der Waals surface area contributed by atoms with Crippen LogP contribution in [0.3, 0.4) is 0 Å². The molecule has 1 unspecified atom stereocenters. The molecule has 2 aromatic carbocycles. The Morgan fingerprint density at radius 3 is 2.00 bits per heavy atom. The van der Waals surface area contributed by atoms with Gasteiger partial charge in [-0.05, 0) is 23.3 Å². The Morgan fingerprint density at radius 2 is 1.44 bits per heavy atom. The average Bonchev–Trinajstić information content (AvgIpc) is 2.34. The van der Waals surface area contributed by atoms with Crippen molar-refractivity contribution in [3.63, 3.8) is 0 Å². The maximum absolute atomic E-state index is 12.8. The van der Waals surface area contributed by atoms with Crippen LogP contribution in [0.5, 0.6) is 0 Å². The van der Waals surface area contributed by atoms with Gasteiger partial charge in [0.2, 0.25) is 0 Å². The molecule has 80 valence electrons. The maximum atomic E-state index is 12.8. The minimum absolute atomic E-state index is 0.290. The van der Waals surface area contributed by atoms with E-state index in [1.807, 2.05) is 30.3 Å². The van der Waals surface area contributed by atoms with Gasteiger partial charge in [-0.3, -0.25) is 0 Å². The summed E-state index contributed by atoms with van der Waals surface area (Å²) in [6, 6.07) is 15.5. The van der Waals surface area contributed by atoms with E-state index in [0.29, 0.717) is 0 Å². The lowest BCUT2D eigenvalue weighted by molar-refractivity contribution is -0.108. The Labute approximate surface area is 93.5 Å². The molecule has 1 nitrogen and oxygen atoms in total. The molecule has 0 aliphatic heterocycles. The lowest BCUT2D eigenvalue weighted by atomic mass is 9.93. The number of aldehydes is 1. The summed E-state index contributed by atoms with van der Waals surface area (Å²) in [4.78, 5) is 11.1. The van der Waals surface area contributed by atoms with Crippen LogP contribution in [0.4, 0.5) is 4.39 Å². The third kappa shape index (κ3) is 2.16. The van der Waals surface area contributed by atoms with E-state index in [-0.39, 0.29) is 11.7 Å². The summed E-state index contributed by atoms with van der Waals surface area (Å²) in [5.74, 6) is -0.608. The molecule has 0 spiro atoms. The molecule has 0 aliphatic rings. The van der Waals surface area contributed by atoms with Crippen LogP contribution in [0.15, 0.2) is 54.6 Å². The van der Waals surface area contributed by atoms with Crippen LogP contribution in [0, 0.1) is 5.82 Å². The van der Waals surface area contributed by atoms with E-state index in [1.54, 1.807) is 12.1 Å². The molecule has 2 heteroatoms. The molecule has 2 aromatic rings. The molecule has 2 rings (SSSR count). The molecule has 0 radical (unpaired) electrons. The second-order valence-electron chi connectivity index (χ2n) is 3.58. The van der Waals surface area contributed by atoms with Crippen molar-refractivity contribution in [3.05, 3.63) is 71.5 Å². The van der Waals surface area contributed by atoms with Crippen LogP contribution in [0.2, 0.25) is 0 Å². The molecule has 0 aromatic heterocycles. The van der Waals surface area contributed by atoms with E-state index in [1.165, 1.54) is 12.1 Å². The SMILES string of the molecule is O=CC(c1ccccc1)c1ccc(F)cc1. The van der Waals surface area contributed by atoms with Crippen molar-refractivity contribution in [1.29, 1.82) is 0 Å². The third-order valence-corrected chi connectivity index (χ3v) is 2.52. The van der Waals surface area contributed by atoms with Gasteiger partial charge < -0.3 is 4.79 Å². The van der Waals surface area contributed by atoms with Crippen LogP contribution in [-0.4, -0.2) is 6.29 Å². The highest BCUT2D eigenvalue weighted by atomic mass is 19.1. The Hall–Kier alpha value is -1.96. The summed E-state index contributed by atoms with van der Waals surface area (Å²) in [5, 5.41) is 0. The van der Waals surface area contributed by atoms with Gasteiger partial charge >= 0.3 is 0 Å². The highest BCUT2D eigenvalue weighted by Crippen LogP contribution is 2.22. The standard InChI is InChI=1S/C14H11FO/c15-13-8-6-12(7-9-13)14(10-16)11-4-2-1-3-5-11/h1-10,14H. The predicted octanol–water partition coefficient (Wildman–Crippen LogP) is 3.16. The zero-order valence-electron chi connectivity index (χ0n) is 8.64. The zero-order chi connectivity index (χ0) is 11.4. The summed E-state index contributed by atoms with van der Waals surface area (Å²) in [5.41, 5.74) is 1.73. The van der Waals surface area contributed by atoms with Crippen LogP contribution in [-0.2, 0) is 4.79 Å². The molecule has 1 atom stereocenters. The van der Waals surface area contributed by atoms with E-state index in [2.05, 4.69) is 0 Å². The van der Waals surface area contributed by atoms with Gasteiger partial charge in [-0.25, -0.2) is 4.39 Å². The van der Waals surface area contributed by atoms with Crippen LogP contribution in [0.1, 0.15) is 17.0 Å². The van der Waals surface area contributed by atoms with Crippen LogP contribution < -0.4 is 0 Å². The minimum atomic E-state index is -0.318. The number of halogens is 1. The highest BCUT2D eigenvalue weighted by molar-refractivity contribution is 5.68. The number of rotatable bonds is 3. The van der Waals surface area contributed by atoms with Gasteiger partial charge in [-0.15, -0.1) is 0 Å². The lowest BCUT2D eigenvalue weighted by Gasteiger charge is -2.10. The van der Waals surface area contributed by atoms with Gasteiger partial charge in [0.25, 0.3) is 0 Å². The molecule has 16 heavy (non-hydrogen) atoms. The van der Waals surface area contributed by atoms with Crippen molar-refractivity contribution < 1.29 is 9.18 Å². The van der Waals surface area contributed by atoms with Gasteiger partial charge in [0.15, 0.2) is 0 Å². The van der Waals surface area contributed by atoms with E-state index >= 15 is 0 Å². The largest absolute Gasteiger partial charge is 0.302 e. The fourth-order valence-corrected chi connectivity index (χ4v) is 1.68. The Balaban J connectivity index is 2.37. The summed E-state index contributed by atoms with van der Waals surface area (Å²) in [6.07, 6.45) is 0.878. The molecule has 0 saturated carbocycles. The van der Waals surface area contributed by atoms with Gasteiger partial charge in [-0.2, -0.15) is 0 Å². The quantitative estimate of drug-likeness (QED) is 0.717. The fraction of sp³-hybridized carbons (Fsp3) is 0.0714. The smallest absolute Gasteiger partial charge is 0.131 e. The second-order valence-corrected chi connectivity index (χ2v) is 3.58. The summed E-state index contributed by atoms with van der Waals surface area (Å²) >= 11 is 0. The Kier molecular flexibility index (Phi) is 3.10. The van der Waals surface area contributed by atoms with Gasteiger partial charge in [-0.1, -0.05) is 42.5 Å². The summed E-state index contributed by atoms with van der Waals surface area (Å²) in [7, 11) is 0. The van der Waals surface area contributed by atoms with Gasteiger partial charge in [0, 0.05) is 0 Å². The topological polar surface area (TPSA) is 17.1 Å².